The Labute approximate surface area is 197 Å². The first-order chi connectivity index (χ1) is 14.2. The zero-order chi connectivity index (χ0) is 20.5. The third-order valence-electron chi connectivity index (χ3n) is 5.03. The Morgan fingerprint density at radius 3 is 2.47 bits per heavy atom. The molecule has 2 aromatic rings. The molecule has 2 N–H and O–H groups in total. The molecule has 164 valence electrons. The summed E-state index contributed by atoms with van der Waals surface area (Å²) in [7, 11) is 3.47. The first kappa shape index (κ1) is 24.4. The lowest BCUT2D eigenvalue weighted by molar-refractivity contribution is -0.0212. The zero-order valence-electron chi connectivity index (χ0n) is 18.1. The molecule has 1 unspecified atom stereocenters. The van der Waals surface area contributed by atoms with Gasteiger partial charge in [-0.3, -0.25) is 9.89 Å². The number of morpholine rings is 1. The molecular formula is C23H33IN4O2. The monoisotopic (exact) mass is 524 g/mol. The van der Waals surface area contributed by atoms with Crippen LogP contribution in [-0.2, 0) is 24.4 Å². The van der Waals surface area contributed by atoms with Crippen molar-refractivity contribution in [3.05, 3.63) is 65.2 Å². The molecule has 1 aliphatic rings. The Morgan fingerprint density at radius 1 is 1.10 bits per heavy atom. The number of methoxy groups -OCH3 is 1. The molecule has 1 aliphatic heterocycles. The number of hydrogen-bond donors (Lipinski definition) is 2. The van der Waals surface area contributed by atoms with Gasteiger partial charge in [-0.05, 0) is 35.7 Å². The maximum absolute atomic E-state index is 5.64. The van der Waals surface area contributed by atoms with E-state index in [1.165, 1.54) is 16.7 Å². The minimum atomic E-state index is 0. The highest BCUT2D eigenvalue weighted by molar-refractivity contribution is 14.0. The summed E-state index contributed by atoms with van der Waals surface area (Å²) >= 11 is 0. The second kappa shape index (κ2) is 12.8. The highest BCUT2D eigenvalue weighted by atomic mass is 127. The second-order valence-corrected chi connectivity index (χ2v) is 7.36. The van der Waals surface area contributed by atoms with Gasteiger partial charge in [-0.25, -0.2) is 0 Å². The highest BCUT2D eigenvalue weighted by Gasteiger charge is 2.16. The number of aliphatic imine (C=N–C) groups is 1. The molecule has 1 saturated heterocycles. The summed E-state index contributed by atoms with van der Waals surface area (Å²) in [5.74, 6) is 1.65. The van der Waals surface area contributed by atoms with Crippen LogP contribution in [0, 0.1) is 0 Å². The Morgan fingerprint density at radius 2 is 1.80 bits per heavy atom. The van der Waals surface area contributed by atoms with Crippen molar-refractivity contribution in [2.24, 2.45) is 4.99 Å². The number of guanidine groups is 1. The van der Waals surface area contributed by atoms with Crippen LogP contribution in [-0.4, -0.2) is 50.8 Å². The molecule has 0 bridgehead atoms. The van der Waals surface area contributed by atoms with E-state index >= 15 is 0 Å². The fourth-order valence-electron chi connectivity index (χ4n) is 3.47. The summed E-state index contributed by atoms with van der Waals surface area (Å²) in [6, 6.07) is 16.8. The van der Waals surface area contributed by atoms with Crippen LogP contribution < -0.4 is 15.4 Å². The Balaban J connectivity index is 0.00000320. The Kier molecular flexibility index (Phi) is 10.4. The van der Waals surface area contributed by atoms with Gasteiger partial charge in [0, 0.05) is 39.8 Å². The van der Waals surface area contributed by atoms with E-state index < -0.39 is 0 Å². The van der Waals surface area contributed by atoms with Crippen LogP contribution in [0.3, 0.4) is 0 Å². The lowest BCUT2D eigenvalue weighted by Gasteiger charge is -2.31. The summed E-state index contributed by atoms with van der Waals surface area (Å²) in [5, 5.41) is 6.75. The van der Waals surface area contributed by atoms with Gasteiger partial charge in [-0.2, -0.15) is 0 Å². The fourth-order valence-corrected chi connectivity index (χ4v) is 3.47. The van der Waals surface area contributed by atoms with Crippen molar-refractivity contribution in [1.29, 1.82) is 0 Å². The smallest absolute Gasteiger partial charge is 0.191 e. The number of halogens is 1. The summed E-state index contributed by atoms with van der Waals surface area (Å²) in [4.78, 5) is 6.78. The summed E-state index contributed by atoms with van der Waals surface area (Å²) in [6.07, 6.45) is 0.314. The molecule has 1 atom stereocenters. The molecule has 0 radical (unpaired) electrons. The van der Waals surface area contributed by atoms with E-state index in [1.54, 1.807) is 14.2 Å². The lowest BCUT2D eigenvalue weighted by Crippen LogP contribution is -2.40. The van der Waals surface area contributed by atoms with E-state index in [-0.39, 0.29) is 24.0 Å². The maximum Gasteiger partial charge on any atom is 0.191 e. The van der Waals surface area contributed by atoms with Crippen molar-refractivity contribution in [2.45, 2.75) is 32.7 Å². The molecule has 1 fully saturated rings. The third kappa shape index (κ3) is 7.77. The van der Waals surface area contributed by atoms with Crippen molar-refractivity contribution < 1.29 is 9.47 Å². The van der Waals surface area contributed by atoms with Crippen molar-refractivity contribution >= 4 is 29.9 Å². The number of nitrogens with zero attached hydrogens (tertiary/aromatic N) is 2. The Bertz CT molecular complexity index is 798. The van der Waals surface area contributed by atoms with Crippen LogP contribution in [0.15, 0.2) is 53.5 Å². The van der Waals surface area contributed by atoms with E-state index in [1.807, 2.05) is 12.1 Å². The van der Waals surface area contributed by atoms with Crippen LogP contribution in [0.25, 0.3) is 0 Å². The summed E-state index contributed by atoms with van der Waals surface area (Å²) in [5.41, 5.74) is 3.76. The van der Waals surface area contributed by atoms with Crippen molar-refractivity contribution in [3.63, 3.8) is 0 Å². The number of ether oxygens (including phenoxy) is 2. The van der Waals surface area contributed by atoms with E-state index in [2.05, 4.69) is 63.8 Å². The predicted molar refractivity (Wildman–Crippen MR) is 133 cm³/mol. The average molecular weight is 524 g/mol. The van der Waals surface area contributed by atoms with E-state index in [4.69, 9.17) is 9.47 Å². The van der Waals surface area contributed by atoms with Gasteiger partial charge in [-0.1, -0.05) is 36.4 Å². The van der Waals surface area contributed by atoms with Gasteiger partial charge in [0.1, 0.15) is 5.75 Å². The van der Waals surface area contributed by atoms with Crippen LogP contribution in [0.2, 0.25) is 0 Å². The summed E-state index contributed by atoms with van der Waals surface area (Å²) < 4.78 is 10.8. The van der Waals surface area contributed by atoms with Crippen LogP contribution >= 0.6 is 24.0 Å². The largest absolute Gasteiger partial charge is 0.497 e. The molecule has 0 amide bonds. The van der Waals surface area contributed by atoms with Gasteiger partial charge in [0.15, 0.2) is 5.96 Å². The molecular weight excluding hydrogens is 491 g/mol. The van der Waals surface area contributed by atoms with Crippen LogP contribution in [0.5, 0.6) is 5.75 Å². The minimum absolute atomic E-state index is 0. The summed E-state index contributed by atoms with van der Waals surface area (Å²) in [6.45, 7) is 7.34. The number of nitrogens with one attached hydrogen (secondary N) is 2. The van der Waals surface area contributed by atoms with Crippen molar-refractivity contribution in [2.75, 3.05) is 33.9 Å². The molecule has 0 saturated carbocycles. The van der Waals surface area contributed by atoms with E-state index in [0.29, 0.717) is 12.6 Å². The normalized spacial score (nSPS) is 17.2. The predicted octanol–water partition coefficient (Wildman–Crippen LogP) is 3.40. The van der Waals surface area contributed by atoms with Gasteiger partial charge in [0.25, 0.3) is 0 Å². The Hall–Kier alpha value is -1.84. The average Bonchev–Trinajstić information content (AvgIpc) is 2.74. The van der Waals surface area contributed by atoms with Gasteiger partial charge in [0.2, 0.25) is 0 Å². The molecule has 7 heteroatoms. The molecule has 0 spiro atoms. The quantitative estimate of drug-likeness (QED) is 0.331. The van der Waals surface area contributed by atoms with Crippen molar-refractivity contribution in [3.8, 4) is 5.75 Å². The second-order valence-electron chi connectivity index (χ2n) is 7.36. The molecule has 6 nitrogen and oxygen atoms in total. The molecule has 3 rings (SSSR count). The third-order valence-corrected chi connectivity index (χ3v) is 5.03. The van der Waals surface area contributed by atoms with E-state index in [9.17, 15) is 0 Å². The zero-order valence-corrected chi connectivity index (χ0v) is 20.4. The molecule has 0 aromatic heterocycles. The first-order valence-electron chi connectivity index (χ1n) is 10.2. The topological polar surface area (TPSA) is 58.1 Å². The SMILES string of the molecule is CN=C(NCc1ccc(OC)cc1)NCc1cccc(CN2CCOC(C)C2)c1.I. The van der Waals surface area contributed by atoms with Gasteiger partial charge < -0.3 is 20.1 Å². The fraction of sp³-hybridized carbons (Fsp3) is 0.435. The highest BCUT2D eigenvalue weighted by Crippen LogP contribution is 2.13. The van der Waals surface area contributed by atoms with Gasteiger partial charge in [0.05, 0.1) is 19.8 Å². The number of rotatable bonds is 7. The first-order valence-corrected chi connectivity index (χ1v) is 10.2. The standard InChI is InChI=1S/C23H32N4O2.HI/c1-18-16-27(11-12-29-18)17-21-6-4-5-20(13-21)15-26-23(24-2)25-14-19-7-9-22(28-3)10-8-19;/h4-10,13,18H,11-12,14-17H2,1-3H3,(H2,24,25,26);1H. The lowest BCUT2D eigenvalue weighted by atomic mass is 10.1. The number of benzene rings is 2. The maximum atomic E-state index is 5.64. The molecule has 2 aromatic carbocycles. The number of hydrogen-bond acceptors (Lipinski definition) is 4. The van der Waals surface area contributed by atoms with Crippen molar-refractivity contribution in [1.82, 2.24) is 15.5 Å². The van der Waals surface area contributed by atoms with E-state index in [0.717, 1.165) is 44.5 Å². The minimum Gasteiger partial charge on any atom is -0.497 e. The van der Waals surface area contributed by atoms with Gasteiger partial charge in [-0.15, -0.1) is 24.0 Å². The van der Waals surface area contributed by atoms with Crippen LogP contribution in [0.1, 0.15) is 23.6 Å². The molecule has 0 aliphatic carbocycles. The molecule has 1 heterocycles. The molecule has 30 heavy (non-hydrogen) atoms. The van der Waals surface area contributed by atoms with Crippen LogP contribution in [0.4, 0.5) is 0 Å². The van der Waals surface area contributed by atoms with Gasteiger partial charge >= 0.3 is 0 Å².